The molecule has 0 aromatic heterocycles. The Hall–Kier alpha value is -1.39. The molecule has 1 fully saturated rings. The number of benzene rings is 1. The summed E-state index contributed by atoms with van der Waals surface area (Å²) < 4.78 is 5.30. The largest absolute Gasteiger partial charge is 0.460 e. The molecular formula is C16H23NO3. The van der Waals surface area contributed by atoms with Crippen LogP contribution in [-0.2, 0) is 16.1 Å². The summed E-state index contributed by atoms with van der Waals surface area (Å²) in [6.45, 7) is 2.77. The van der Waals surface area contributed by atoms with E-state index in [0.29, 0.717) is 19.1 Å². The number of hydrogen-bond donors (Lipinski definition) is 1. The summed E-state index contributed by atoms with van der Waals surface area (Å²) in [5.41, 5.74) is 1.01. The summed E-state index contributed by atoms with van der Waals surface area (Å²) >= 11 is 0. The van der Waals surface area contributed by atoms with E-state index >= 15 is 0 Å². The number of rotatable bonds is 6. The van der Waals surface area contributed by atoms with Crippen molar-refractivity contribution in [3.8, 4) is 0 Å². The fraction of sp³-hybridized carbons (Fsp3) is 0.562. The second-order valence-electron chi connectivity index (χ2n) is 5.40. The number of aliphatic hydroxyl groups excluding tert-OH is 1. The van der Waals surface area contributed by atoms with E-state index in [1.807, 2.05) is 30.3 Å². The summed E-state index contributed by atoms with van der Waals surface area (Å²) in [5.74, 6) is 0.342. The van der Waals surface area contributed by atoms with E-state index in [9.17, 15) is 4.79 Å². The van der Waals surface area contributed by atoms with Crippen LogP contribution in [0.2, 0.25) is 0 Å². The van der Waals surface area contributed by atoms with Crippen LogP contribution in [0.5, 0.6) is 0 Å². The molecule has 0 amide bonds. The van der Waals surface area contributed by atoms with Crippen molar-refractivity contribution >= 4 is 5.97 Å². The smallest absolute Gasteiger partial charge is 0.320 e. The molecule has 4 heteroatoms. The van der Waals surface area contributed by atoms with Crippen LogP contribution >= 0.6 is 0 Å². The highest BCUT2D eigenvalue weighted by atomic mass is 16.5. The van der Waals surface area contributed by atoms with Crippen LogP contribution in [0.25, 0.3) is 0 Å². The lowest BCUT2D eigenvalue weighted by atomic mass is 9.95. The first-order chi connectivity index (χ1) is 9.78. The number of ether oxygens (including phenoxy) is 1. The van der Waals surface area contributed by atoms with Crippen LogP contribution in [0.1, 0.15) is 24.8 Å². The van der Waals surface area contributed by atoms with Crippen molar-refractivity contribution in [1.82, 2.24) is 4.90 Å². The van der Waals surface area contributed by atoms with E-state index in [1.165, 1.54) is 0 Å². The minimum absolute atomic E-state index is 0.168. The first-order valence-electron chi connectivity index (χ1n) is 7.30. The molecule has 0 bridgehead atoms. The summed E-state index contributed by atoms with van der Waals surface area (Å²) in [6, 6.07) is 9.72. The van der Waals surface area contributed by atoms with E-state index in [4.69, 9.17) is 9.84 Å². The summed E-state index contributed by atoms with van der Waals surface area (Å²) in [5, 5.41) is 8.99. The van der Waals surface area contributed by atoms with Crippen molar-refractivity contribution in [2.75, 3.05) is 26.2 Å². The summed E-state index contributed by atoms with van der Waals surface area (Å²) in [4.78, 5) is 14.0. The molecule has 4 nitrogen and oxygen atoms in total. The van der Waals surface area contributed by atoms with Gasteiger partial charge in [0.25, 0.3) is 0 Å². The zero-order valence-electron chi connectivity index (χ0n) is 11.8. The SMILES string of the molecule is O=C(CN1CCCC(CCO)C1)OCc1ccccc1. The maximum absolute atomic E-state index is 11.8. The second kappa shape index (κ2) is 8.02. The van der Waals surface area contributed by atoms with Crippen molar-refractivity contribution < 1.29 is 14.6 Å². The molecule has 1 atom stereocenters. The van der Waals surface area contributed by atoms with Gasteiger partial charge in [-0.2, -0.15) is 0 Å². The van der Waals surface area contributed by atoms with Gasteiger partial charge in [0, 0.05) is 13.2 Å². The topological polar surface area (TPSA) is 49.8 Å². The Bertz CT molecular complexity index is 405. The lowest BCUT2D eigenvalue weighted by molar-refractivity contribution is -0.146. The fourth-order valence-electron chi connectivity index (χ4n) is 2.68. The summed E-state index contributed by atoms with van der Waals surface area (Å²) in [6.07, 6.45) is 3.07. The molecule has 110 valence electrons. The van der Waals surface area contributed by atoms with E-state index < -0.39 is 0 Å². The number of nitrogens with zero attached hydrogens (tertiary/aromatic N) is 1. The van der Waals surface area contributed by atoms with Crippen LogP contribution in [-0.4, -0.2) is 42.2 Å². The van der Waals surface area contributed by atoms with Crippen molar-refractivity contribution in [3.63, 3.8) is 0 Å². The third-order valence-electron chi connectivity index (χ3n) is 3.74. The van der Waals surface area contributed by atoms with Gasteiger partial charge in [0.1, 0.15) is 6.61 Å². The van der Waals surface area contributed by atoms with Crippen LogP contribution < -0.4 is 0 Å². The molecule has 0 radical (unpaired) electrons. The number of carbonyl (C=O) groups excluding carboxylic acids is 1. The Morgan fingerprint density at radius 3 is 2.90 bits per heavy atom. The van der Waals surface area contributed by atoms with Crippen LogP contribution in [0.4, 0.5) is 0 Å². The standard InChI is InChI=1S/C16H23NO3/c18-10-8-14-7-4-9-17(11-14)12-16(19)20-13-15-5-2-1-3-6-15/h1-3,5-6,14,18H,4,7-13H2. The van der Waals surface area contributed by atoms with Crippen LogP contribution in [0.3, 0.4) is 0 Å². The Morgan fingerprint density at radius 2 is 2.15 bits per heavy atom. The van der Waals surface area contributed by atoms with Gasteiger partial charge in [0.2, 0.25) is 0 Å². The highest BCUT2D eigenvalue weighted by Crippen LogP contribution is 2.19. The molecule has 0 spiro atoms. The van der Waals surface area contributed by atoms with Gasteiger partial charge in [-0.1, -0.05) is 30.3 Å². The van der Waals surface area contributed by atoms with Gasteiger partial charge in [-0.25, -0.2) is 0 Å². The van der Waals surface area contributed by atoms with Crippen LogP contribution in [0.15, 0.2) is 30.3 Å². The predicted octanol–water partition coefficient (Wildman–Crippen LogP) is 1.82. The normalized spacial score (nSPS) is 19.8. The maximum Gasteiger partial charge on any atom is 0.320 e. The minimum Gasteiger partial charge on any atom is -0.460 e. The molecule has 1 N–H and O–H groups in total. The van der Waals surface area contributed by atoms with Gasteiger partial charge in [-0.15, -0.1) is 0 Å². The molecule has 20 heavy (non-hydrogen) atoms. The average molecular weight is 277 g/mol. The van der Waals surface area contributed by atoms with Gasteiger partial charge in [0.15, 0.2) is 0 Å². The number of carbonyl (C=O) groups is 1. The van der Waals surface area contributed by atoms with Crippen molar-refractivity contribution in [1.29, 1.82) is 0 Å². The molecule has 1 aromatic rings. The van der Waals surface area contributed by atoms with Crippen molar-refractivity contribution in [2.45, 2.75) is 25.9 Å². The number of hydrogen-bond acceptors (Lipinski definition) is 4. The maximum atomic E-state index is 11.8. The van der Waals surface area contributed by atoms with E-state index in [-0.39, 0.29) is 12.6 Å². The van der Waals surface area contributed by atoms with Gasteiger partial charge in [0.05, 0.1) is 6.54 Å². The Labute approximate surface area is 120 Å². The molecule has 1 saturated heterocycles. The lowest BCUT2D eigenvalue weighted by Crippen LogP contribution is -2.39. The predicted molar refractivity (Wildman–Crippen MR) is 77.1 cm³/mol. The lowest BCUT2D eigenvalue weighted by Gasteiger charge is -2.31. The molecule has 1 heterocycles. The quantitative estimate of drug-likeness (QED) is 0.806. The molecule has 1 aliphatic rings. The van der Waals surface area contributed by atoms with E-state index in [0.717, 1.165) is 37.9 Å². The number of likely N-dealkylation sites (tertiary alicyclic amines) is 1. The molecule has 0 aliphatic carbocycles. The monoisotopic (exact) mass is 277 g/mol. The molecule has 2 rings (SSSR count). The first kappa shape index (κ1) is 15.0. The average Bonchev–Trinajstić information content (AvgIpc) is 2.47. The van der Waals surface area contributed by atoms with E-state index in [1.54, 1.807) is 0 Å². The van der Waals surface area contributed by atoms with Gasteiger partial charge < -0.3 is 9.84 Å². The molecule has 1 aromatic carbocycles. The Kier molecular flexibility index (Phi) is 6.02. The zero-order chi connectivity index (χ0) is 14.2. The third kappa shape index (κ3) is 4.94. The molecular weight excluding hydrogens is 254 g/mol. The fourth-order valence-corrected chi connectivity index (χ4v) is 2.68. The van der Waals surface area contributed by atoms with Crippen molar-refractivity contribution in [3.05, 3.63) is 35.9 Å². The van der Waals surface area contributed by atoms with E-state index in [2.05, 4.69) is 4.90 Å². The third-order valence-corrected chi connectivity index (χ3v) is 3.74. The van der Waals surface area contributed by atoms with Gasteiger partial charge in [-0.3, -0.25) is 9.69 Å². The first-order valence-corrected chi connectivity index (χ1v) is 7.30. The number of esters is 1. The number of piperidine rings is 1. The molecule has 0 saturated carbocycles. The number of aliphatic hydroxyl groups is 1. The minimum atomic E-state index is -0.168. The van der Waals surface area contributed by atoms with Gasteiger partial charge >= 0.3 is 5.97 Å². The highest BCUT2D eigenvalue weighted by Gasteiger charge is 2.21. The second-order valence-corrected chi connectivity index (χ2v) is 5.40. The van der Waals surface area contributed by atoms with Gasteiger partial charge in [-0.05, 0) is 37.3 Å². The molecule has 1 aliphatic heterocycles. The van der Waals surface area contributed by atoms with Crippen LogP contribution in [0, 0.1) is 5.92 Å². The van der Waals surface area contributed by atoms with Crippen molar-refractivity contribution in [2.24, 2.45) is 5.92 Å². The summed E-state index contributed by atoms with van der Waals surface area (Å²) in [7, 11) is 0. The molecule has 1 unspecified atom stereocenters. The zero-order valence-corrected chi connectivity index (χ0v) is 11.8. The Balaban J connectivity index is 1.71. The highest BCUT2D eigenvalue weighted by molar-refractivity contribution is 5.71. The Morgan fingerprint density at radius 1 is 1.35 bits per heavy atom.